The third kappa shape index (κ3) is 1.56. The normalized spacial score (nSPS) is 18.7. The molecule has 16 heavy (non-hydrogen) atoms. The highest BCUT2D eigenvalue weighted by molar-refractivity contribution is 7.15. The van der Waals surface area contributed by atoms with Gasteiger partial charge in [-0.2, -0.15) is 0 Å². The van der Waals surface area contributed by atoms with Crippen LogP contribution in [0.5, 0.6) is 0 Å². The van der Waals surface area contributed by atoms with Crippen LogP contribution in [0.3, 0.4) is 0 Å². The van der Waals surface area contributed by atoms with Crippen LogP contribution in [0.4, 0.5) is 0 Å². The maximum Gasteiger partial charge on any atom is 0.123 e. The molecule has 0 spiro atoms. The molecule has 0 saturated heterocycles. The van der Waals surface area contributed by atoms with Crippen LogP contribution < -0.4 is 5.32 Å². The van der Waals surface area contributed by atoms with Crippen LogP contribution in [0.15, 0.2) is 30.3 Å². The summed E-state index contributed by atoms with van der Waals surface area (Å²) in [6.07, 6.45) is 2.31. The molecular formula is C13H14N2S. The van der Waals surface area contributed by atoms with E-state index in [0.717, 1.165) is 11.4 Å². The van der Waals surface area contributed by atoms with E-state index in [2.05, 4.69) is 29.6 Å². The first-order valence-electron chi connectivity index (χ1n) is 5.61. The Morgan fingerprint density at radius 1 is 1.31 bits per heavy atom. The molecule has 1 heterocycles. The molecule has 2 nitrogen and oxygen atoms in total. The van der Waals surface area contributed by atoms with Crippen molar-refractivity contribution in [3.05, 3.63) is 40.9 Å². The van der Waals surface area contributed by atoms with Gasteiger partial charge in [-0.15, -0.1) is 11.3 Å². The monoisotopic (exact) mass is 230 g/mol. The molecule has 1 aliphatic carbocycles. The molecule has 3 rings (SSSR count). The fraction of sp³-hybridized carbons (Fsp3) is 0.308. The second-order valence-electron chi connectivity index (χ2n) is 4.08. The van der Waals surface area contributed by atoms with Gasteiger partial charge in [0, 0.05) is 16.5 Å². The molecule has 0 bridgehead atoms. The largest absolute Gasteiger partial charge is 0.312 e. The first-order valence-corrected chi connectivity index (χ1v) is 6.42. The van der Waals surface area contributed by atoms with Gasteiger partial charge >= 0.3 is 0 Å². The molecule has 1 atom stereocenters. The Morgan fingerprint density at radius 2 is 2.12 bits per heavy atom. The van der Waals surface area contributed by atoms with Gasteiger partial charge in [-0.05, 0) is 19.9 Å². The minimum atomic E-state index is 0.518. The first-order chi connectivity index (χ1) is 7.88. The third-order valence-electron chi connectivity index (χ3n) is 3.08. The molecule has 1 aromatic heterocycles. The second-order valence-corrected chi connectivity index (χ2v) is 5.11. The van der Waals surface area contributed by atoms with Crippen LogP contribution in [-0.2, 0) is 6.42 Å². The van der Waals surface area contributed by atoms with Crippen molar-refractivity contribution in [2.45, 2.75) is 18.9 Å². The zero-order chi connectivity index (χ0) is 11.0. The van der Waals surface area contributed by atoms with Gasteiger partial charge in [0.1, 0.15) is 5.01 Å². The lowest BCUT2D eigenvalue weighted by Gasteiger charge is -2.05. The van der Waals surface area contributed by atoms with Crippen LogP contribution >= 0.6 is 11.3 Å². The van der Waals surface area contributed by atoms with Gasteiger partial charge in [0.2, 0.25) is 0 Å². The summed E-state index contributed by atoms with van der Waals surface area (Å²) < 4.78 is 0. The summed E-state index contributed by atoms with van der Waals surface area (Å²) in [6.45, 7) is 0. The van der Waals surface area contributed by atoms with E-state index in [-0.39, 0.29) is 0 Å². The van der Waals surface area contributed by atoms with E-state index in [0.29, 0.717) is 6.04 Å². The van der Waals surface area contributed by atoms with Gasteiger partial charge in [0.25, 0.3) is 0 Å². The lowest BCUT2D eigenvalue weighted by Crippen LogP contribution is -2.11. The van der Waals surface area contributed by atoms with Gasteiger partial charge in [-0.25, -0.2) is 4.98 Å². The number of nitrogens with zero attached hydrogens (tertiary/aromatic N) is 1. The number of rotatable bonds is 2. The third-order valence-corrected chi connectivity index (χ3v) is 4.34. The first kappa shape index (κ1) is 10.00. The number of nitrogens with one attached hydrogen (secondary N) is 1. The van der Waals surface area contributed by atoms with Gasteiger partial charge < -0.3 is 5.32 Å². The molecule has 1 N–H and O–H groups in total. The average Bonchev–Trinajstić information content (AvgIpc) is 2.89. The van der Waals surface area contributed by atoms with Crippen molar-refractivity contribution in [1.29, 1.82) is 0 Å². The number of benzene rings is 1. The summed E-state index contributed by atoms with van der Waals surface area (Å²) >= 11 is 1.83. The Morgan fingerprint density at radius 3 is 2.88 bits per heavy atom. The average molecular weight is 230 g/mol. The topological polar surface area (TPSA) is 24.9 Å². The lowest BCUT2D eigenvalue weighted by molar-refractivity contribution is 0.596. The number of hydrogen-bond acceptors (Lipinski definition) is 3. The molecule has 2 aromatic rings. The highest BCUT2D eigenvalue weighted by Gasteiger charge is 2.25. The van der Waals surface area contributed by atoms with E-state index >= 15 is 0 Å². The van der Waals surface area contributed by atoms with Crippen LogP contribution in [0.2, 0.25) is 0 Å². The van der Waals surface area contributed by atoms with Crippen LogP contribution in [0, 0.1) is 0 Å². The molecule has 0 saturated carbocycles. The molecule has 1 unspecified atom stereocenters. The highest BCUT2D eigenvalue weighted by atomic mass is 32.1. The summed E-state index contributed by atoms with van der Waals surface area (Å²) in [5.41, 5.74) is 2.53. The molecule has 1 aromatic carbocycles. The molecule has 3 heteroatoms. The van der Waals surface area contributed by atoms with E-state index in [1.165, 1.54) is 22.6 Å². The maximum atomic E-state index is 4.74. The Kier molecular flexibility index (Phi) is 2.50. The van der Waals surface area contributed by atoms with Crippen molar-refractivity contribution >= 4 is 11.3 Å². The van der Waals surface area contributed by atoms with Crippen LogP contribution in [-0.4, -0.2) is 12.0 Å². The summed E-state index contributed by atoms with van der Waals surface area (Å²) in [7, 11) is 2.03. The molecule has 0 fully saturated rings. The SMILES string of the molecule is CNC1CCc2nc(-c3ccccc3)sc21. The van der Waals surface area contributed by atoms with Crippen molar-refractivity contribution in [3.8, 4) is 10.6 Å². The van der Waals surface area contributed by atoms with Crippen molar-refractivity contribution in [2.75, 3.05) is 7.05 Å². The summed E-state index contributed by atoms with van der Waals surface area (Å²) in [5, 5.41) is 4.51. The van der Waals surface area contributed by atoms with Crippen molar-refractivity contribution < 1.29 is 0 Å². The second kappa shape index (κ2) is 4.00. The zero-order valence-corrected chi connectivity index (χ0v) is 10.1. The molecule has 0 aliphatic heterocycles. The predicted molar refractivity (Wildman–Crippen MR) is 67.7 cm³/mol. The summed E-state index contributed by atoms with van der Waals surface area (Å²) in [5.74, 6) is 0. The smallest absolute Gasteiger partial charge is 0.123 e. The van der Waals surface area contributed by atoms with E-state index in [4.69, 9.17) is 4.98 Å². The lowest BCUT2D eigenvalue weighted by atomic mass is 10.2. The highest BCUT2D eigenvalue weighted by Crippen LogP contribution is 2.38. The number of fused-ring (bicyclic) bond motifs is 1. The molecule has 1 aliphatic rings. The van der Waals surface area contributed by atoms with E-state index in [1.807, 2.05) is 24.5 Å². The fourth-order valence-corrected chi connectivity index (χ4v) is 3.47. The Balaban J connectivity index is 2.00. The van der Waals surface area contributed by atoms with E-state index in [1.54, 1.807) is 0 Å². The zero-order valence-electron chi connectivity index (χ0n) is 9.23. The van der Waals surface area contributed by atoms with Gasteiger partial charge in [0.15, 0.2) is 0 Å². The number of thiazole rings is 1. The number of aromatic nitrogens is 1. The predicted octanol–water partition coefficient (Wildman–Crippen LogP) is 3.02. The molecular weight excluding hydrogens is 216 g/mol. The van der Waals surface area contributed by atoms with Gasteiger partial charge in [-0.1, -0.05) is 30.3 Å². The fourth-order valence-electron chi connectivity index (χ4n) is 2.21. The Bertz CT molecular complexity index is 490. The van der Waals surface area contributed by atoms with Crippen LogP contribution in [0.25, 0.3) is 10.6 Å². The Hall–Kier alpha value is -1.19. The number of hydrogen-bond donors (Lipinski definition) is 1. The summed E-state index contributed by atoms with van der Waals surface area (Å²) in [4.78, 5) is 6.17. The van der Waals surface area contributed by atoms with E-state index in [9.17, 15) is 0 Å². The minimum absolute atomic E-state index is 0.518. The van der Waals surface area contributed by atoms with Crippen molar-refractivity contribution in [1.82, 2.24) is 10.3 Å². The molecule has 0 radical (unpaired) electrons. The minimum Gasteiger partial charge on any atom is -0.312 e. The molecule has 82 valence electrons. The summed E-state index contributed by atoms with van der Waals surface area (Å²) in [6, 6.07) is 10.9. The standard InChI is InChI=1S/C13H14N2S/c1-14-10-7-8-11-12(10)16-13(15-11)9-5-3-2-4-6-9/h2-6,10,14H,7-8H2,1H3. The van der Waals surface area contributed by atoms with Crippen molar-refractivity contribution in [3.63, 3.8) is 0 Å². The quantitative estimate of drug-likeness (QED) is 0.857. The van der Waals surface area contributed by atoms with Gasteiger partial charge in [0.05, 0.1) is 5.69 Å². The van der Waals surface area contributed by atoms with Gasteiger partial charge in [-0.3, -0.25) is 0 Å². The van der Waals surface area contributed by atoms with E-state index < -0.39 is 0 Å². The maximum absolute atomic E-state index is 4.74. The number of aryl methyl sites for hydroxylation is 1. The van der Waals surface area contributed by atoms with Crippen LogP contribution in [0.1, 0.15) is 23.0 Å². The van der Waals surface area contributed by atoms with Crippen molar-refractivity contribution in [2.24, 2.45) is 0 Å². The molecule has 0 amide bonds. The Labute approximate surface area is 99.4 Å².